The Hall–Kier alpha value is -2.46. The Bertz CT molecular complexity index is 876. The van der Waals surface area contributed by atoms with Crippen LogP contribution in [0.2, 0.25) is 0 Å². The zero-order valence-corrected chi connectivity index (χ0v) is 12.1. The van der Waals surface area contributed by atoms with Crippen LogP contribution >= 0.6 is 0 Å². The number of ether oxygens (including phenoxy) is 1. The van der Waals surface area contributed by atoms with Gasteiger partial charge >= 0.3 is 0 Å². The number of rotatable bonds is 1. The van der Waals surface area contributed by atoms with Crippen molar-refractivity contribution in [3.63, 3.8) is 0 Å². The van der Waals surface area contributed by atoms with Gasteiger partial charge in [0, 0.05) is 17.0 Å². The van der Waals surface area contributed by atoms with Gasteiger partial charge in [0.1, 0.15) is 5.76 Å². The molecule has 0 saturated heterocycles. The van der Waals surface area contributed by atoms with Gasteiger partial charge in [0.05, 0.1) is 18.8 Å². The van der Waals surface area contributed by atoms with Gasteiger partial charge in [0.2, 0.25) is 11.6 Å². The molecular weight excluding hydrogens is 280 g/mol. The van der Waals surface area contributed by atoms with E-state index in [1.807, 2.05) is 37.3 Å². The number of benzene rings is 2. The summed E-state index contributed by atoms with van der Waals surface area (Å²) in [5.41, 5.74) is 2.46. The van der Waals surface area contributed by atoms with Crippen LogP contribution in [0.25, 0.3) is 16.5 Å². The van der Waals surface area contributed by atoms with E-state index in [1.165, 1.54) is 0 Å². The lowest BCUT2D eigenvalue weighted by Crippen LogP contribution is -2.27. The molecule has 1 heterocycles. The molecule has 1 N–H and O–H groups in total. The fourth-order valence-corrected chi connectivity index (χ4v) is 3.37. The summed E-state index contributed by atoms with van der Waals surface area (Å²) in [5.74, 6) is -1.00. The summed E-state index contributed by atoms with van der Waals surface area (Å²) in [6, 6.07) is 9.50. The maximum Gasteiger partial charge on any atom is 0.234 e. The number of aryl methyl sites for hydroxylation is 1. The smallest absolute Gasteiger partial charge is 0.234 e. The van der Waals surface area contributed by atoms with E-state index in [0.717, 1.165) is 16.3 Å². The molecule has 0 saturated carbocycles. The minimum absolute atomic E-state index is 0.195. The first-order valence-electron chi connectivity index (χ1n) is 7.23. The van der Waals surface area contributed by atoms with Crippen LogP contribution in [0, 0.1) is 12.8 Å². The van der Waals surface area contributed by atoms with Crippen LogP contribution in [0.5, 0.6) is 0 Å². The van der Waals surface area contributed by atoms with E-state index in [4.69, 9.17) is 4.74 Å². The van der Waals surface area contributed by atoms with Gasteiger partial charge < -0.3 is 9.84 Å². The van der Waals surface area contributed by atoms with Crippen molar-refractivity contribution in [2.75, 3.05) is 13.2 Å². The molecule has 110 valence electrons. The molecule has 2 aromatic carbocycles. The summed E-state index contributed by atoms with van der Waals surface area (Å²) < 4.78 is 5.63. The molecule has 0 spiro atoms. The first-order chi connectivity index (χ1) is 10.6. The number of hydrogen-bond donors (Lipinski definition) is 1. The first kappa shape index (κ1) is 13.2. The van der Waals surface area contributed by atoms with E-state index in [0.29, 0.717) is 22.5 Å². The van der Waals surface area contributed by atoms with Crippen LogP contribution in [0.4, 0.5) is 0 Å². The van der Waals surface area contributed by atoms with Gasteiger partial charge in [-0.05, 0) is 29.3 Å². The number of fused-ring (bicyclic) bond motifs is 4. The topological polar surface area (TPSA) is 63.6 Å². The lowest BCUT2D eigenvalue weighted by atomic mass is 9.82. The number of Topliss-reactive ketones (excluding diaryl/α,β-unsaturated/α-hetero) is 2. The van der Waals surface area contributed by atoms with Crippen molar-refractivity contribution in [3.8, 4) is 0 Å². The predicted octanol–water partition coefficient (Wildman–Crippen LogP) is 2.26. The fourth-order valence-electron chi connectivity index (χ4n) is 3.37. The molecule has 0 unspecified atom stereocenters. The minimum Gasteiger partial charge on any atom is -0.492 e. The van der Waals surface area contributed by atoms with Gasteiger partial charge in [0.15, 0.2) is 0 Å². The zero-order valence-electron chi connectivity index (χ0n) is 12.1. The highest BCUT2D eigenvalue weighted by atomic mass is 16.5. The monoisotopic (exact) mass is 294 g/mol. The lowest BCUT2D eigenvalue weighted by Gasteiger charge is -2.19. The number of aliphatic hydroxyl groups is 1. The molecule has 22 heavy (non-hydrogen) atoms. The molecule has 0 fully saturated rings. The average molecular weight is 294 g/mol. The van der Waals surface area contributed by atoms with E-state index >= 15 is 0 Å². The number of ketones is 2. The van der Waals surface area contributed by atoms with Crippen molar-refractivity contribution >= 4 is 28.1 Å². The number of carbonyl (C=O) groups excluding carboxylic acids is 2. The summed E-state index contributed by atoms with van der Waals surface area (Å²) in [5, 5.41) is 11.1. The molecule has 4 nitrogen and oxygen atoms in total. The molecule has 4 heteroatoms. The van der Waals surface area contributed by atoms with E-state index < -0.39 is 17.5 Å². The normalized spacial score (nSPS) is 20.2. The van der Waals surface area contributed by atoms with E-state index in [9.17, 15) is 14.7 Å². The first-order valence-corrected chi connectivity index (χ1v) is 7.23. The third-order valence-electron chi connectivity index (χ3n) is 4.50. The molecule has 1 aliphatic carbocycles. The Morgan fingerprint density at radius 3 is 2.73 bits per heavy atom. The summed E-state index contributed by atoms with van der Waals surface area (Å²) >= 11 is 0. The van der Waals surface area contributed by atoms with Gasteiger partial charge in [-0.1, -0.05) is 24.3 Å². The summed E-state index contributed by atoms with van der Waals surface area (Å²) in [4.78, 5) is 25.1. The summed E-state index contributed by atoms with van der Waals surface area (Å²) in [6.07, 6.45) is 0. The van der Waals surface area contributed by atoms with E-state index in [-0.39, 0.29) is 13.2 Å². The quantitative estimate of drug-likeness (QED) is 0.819. The molecule has 1 atom stereocenters. The van der Waals surface area contributed by atoms with Crippen molar-refractivity contribution in [1.82, 2.24) is 0 Å². The maximum atomic E-state index is 12.6. The Kier molecular flexibility index (Phi) is 2.71. The Morgan fingerprint density at radius 1 is 1.14 bits per heavy atom. The Morgan fingerprint density at radius 2 is 1.95 bits per heavy atom. The molecule has 0 aromatic heterocycles. The highest BCUT2D eigenvalue weighted by Crippen LogP contribution is 2.41. The molecule has 4 rings (SSSR count). The second-order valence-corrected chi connectivity index (χ2v) is 5.75. The largest absolute Gasteiger partial charge is 0.492 e. The standard InChI is InChI=1S/C18H14O4/c1-9-3-2-4-12-11(9)5-6-13-15(12)17(21)16(20)14-10(7-19)8-22-18(13)14/h2-6,10,19H,7-8H2,1H3/t10-/m1/s1. The van der Waals surface area contributed by atoms with E-state index in [2.05, 4.69) is 0 Å². The second kappa shape index (κ2) is 4.52. The third kappa shape index (κ3) is 1.56. The molecule has 1 aliphatic heterocycles. The van der Waals surface area contributed by atoms with Crippen LogP contribution in [-0.4, -0.2) is 29.9 Å². The van der Waals surface area contributed by atoms with Crippen LogP contribution in [0.15, 0.2) is 35.9 Å². The highest BCUT2D eigenvalue weighted by Gasteiger charge is 2.42. The summed E-state index contributed by atoms with van der Waals surface area (Å²) in [6.45, 7) is 2.02. The van der Waals surface area contributed by atoms with Crippen LogP contribution < -0.4 is 0 Å². The van der Waals surface area contributed by atoms with Gasteiger partial charge in [-0.3, -0.25) is 9.59 Å². The molecule has 2 aromatic rings. The number of carbonyl (C=O) groups is 2. The van der Waals surface area contributed by atoms with Crippen molar-refractivity contribution in [2.45, 2.75) is 6.92 Å². The molecule has 0 amide bonds. The average Bonchev–Trinajstić information content (AvgIpc) is 2.96. The zero-order chi connectivity index (χ0) is 15.4. The predicted molar refractivity (Wildman–Crippen MR) is 81.5 cm³/mol. The fraction of sp³-hybridized carbons (Fsp3) is 0.222. The van der Waals surface area contributed by atoms with Crippen LogP contribution in [-0.2, 0) is 9.53 Å². The van der Waals surface area contributed by atoms with Gasteiger partial charge in [-0.2, -0.15) is 0 Å². The minimum atomic E-state index is -0.548. The SMILES string of the molecule is Cc1cccc2c3c(ccc12)C1=C(C(=O)C3=O)[C@H](CO)CO1. The van der Waals surface area contributed by atoms with Crippen LogP contribution in [0.3, 0.4) is 0 Å². The lowest BCUT2D eigenvalue weighted by molar-refractivity contribution is -0.112. The van der Waals surface area contributed by atoms with Crippen molar-refractivity contribution in [1.29, 1.82) is 0 Å². The molecule has 0 radical (unpaired) electrons. The molecule has 2 aliphatic rings. The molecular formula is C18H14O4. The van der Waals surface area contributed by atoms with E-state index in [1.54, 1.807) is 0 Å². The van der Waals surface area contributed by atoms with Crippen molar-refractivity contribution in [3.05, 3.63) is 52.6 Å². The van der Waals surface area contributed by atoms with Crippen LogP contribution in [0.1, 0.15) is 21.5 Å². The maximum absolute atomic E-state index is 12.6. The number of aliphatic hydroxyl groups excluding tert-OH is 1. The van der Waals surface area contributed by atoms with Crippen molar-refractivity contribution in [2.24, 2.45) is 5.92 Å². The highest BCUT2D eigenvalue weighted by molar-refractivity contribution is 6.54. The Labute approximate surface area is 127 Å². The second-order valence-electron chi connectivity index (χ2n) is 5.75. The van der Waals surface area contributed by atoms with Gasteiger partial charge in [0.25, 0.3) is 0 Å². The summed E-state index contributed by atoms with van der Waals surface area (Å²) in [7, 11) is 0. The molecule has 0 bridgehead atoms. The third-order valence-corrected chi connectivity index (χ3v) is 4.50. The van der Waals surface area contributed by atoms with Gasteiger partial charge in [-0.25, -0.2) is 0 Å². The van der Waals surface area contributed by atoms with Crippen molar-refractivity contribution < 1.29 is 19.4 Å². The van der Waals surface area contributed by atoms with Gasteiger partial charge in [-0.15, -0.1) is 0 Å². The Balaban J connectivity index is 2.08. The number of hydrogen-bond acceptors (Lipinski definition) is 4.